The van der Waals surface area contributed by atoms with Gasteiger partial charge in [-0.3, -0.25) is 18.6 Å². The van der Waals surface area contributed by atoms with Gasteiger partial charge in [0.2, 0.25) is 5.91 Å². The van der Waals surface area contributed by atoms with E-state index in [9.17, 15) is 19.0 Å². The molecule has 1 amide bonds. The number of nitrogens with zero attached hydrogens (tertiary/aromatic N) is 1. The second-order valence-corrected chi connectivity index (χ2v) is 23.4. The number of carbonyl (C=O) groups is 2. The number of carbonyl (C=O) groups excluding carboxylic acids is 2. The van der Waals surface area contributed by atoms with Gasteiger partial charge in [0.15, 0.2) is 0 Å². The van der Waals surface area contributed by atoms with E-state index < -0.39 is 20.0 Å². The Balaban J connectivity index is 5.27. The topological polar surface area (TPSA) is 111 Å². The average Bonchev–Trinajstić information content (AvgIpc) is 3.42. The molecule has 0 saturated heterocycles. The van der Waals surface area contributed by atoms with Gasteiger partial charge in [-0.1, -0.05) is 270 Å². The molecule has 0 aliphatic carbocycles. The van der Waals surface area contributed by atoms with Crippen molar-refractivity contribution in [3.05, 3.63) is 146 Å². The van der Waals surface area contributed by atoms with Gasteiger partial charge in [-0.2, -0.15) is 0 Å². The second-order valence-electron chi connectivity index (χ2n) is 22.0. The van der Waals surface area contributed by atoms with Crippen LogP contribution in [-0.4, -0.2) is 74.3 Å². The number of hydrogen-bond acceptors (Lipinski definition) is 6. The summed E-state index contributed by atoms with van der Waals surface area (Å²) in [6.45, 7) is 6.69. The van der Waals surface area contributed by atoms with Gasteiger partial charge in [-0.15, -0.1) is 0 Å². The number of unbranched alkanes of at least 4 members (excludes halogenated alkanes) is 22. The summed E-state index contributed by atoms with van der Waals surface area (Å²) in [5.41, 5.74) is 0. The molecule has 0 saturated carbocycles. The number of phosphoric acid groups is 1. The molecule has 2 N–H and O–H groups in total. The van der Waals surface area contributed by atoms with Crippen LogP contribution in [0.1, 0.15) is 233 Å². The monoisotopic (exact) mass is 1130 g/mol. The molecule has 0 spiro atoms. The molecule has 0 aliphatic heterocycles. The zero-order valence-electron chi connectivity index (χ0n) is 51.8. The molecule has 80 heavy (non-hydrogen) atoms. The fourth-order valence-electron chi connectivity index (χ4n) is 8.35. The summed E-state index contributed by atoms with van der Waals surface area (Å²) in [7, 11) is 1.44. The lowest BCUT2D eigenvalue weighted by Gasteiger charge is -2.27. The van der Waals surface area contributed by atoms with E-state index >= 15 is 0 Å². The Morgan fingerprint density at radius 1 is 0.463 bits per heavy atom. The van der Waals surface area contributed by atoms with Crippen molar-refractivity contribution in [1.29, 1.82) is 0 Å². The number of ether oxygens (including phenoxy) is 1. The SMILES string of the molecule is CC\C=C/C=C/C=C/C=C\C=C\C=C\CCCCCC(=O)NC(COP(=O)(O)OCC[N+](C)(C)C)C(/C=C\CCCCCCCCCCCC)OC(=O)CCCCCCCCCCC/C=C\C/C=C\C/C=C\C/C=C\C/C=C\CC. The largest absolute Gasteiger partial charge is 0.472 e. The molecule has 0 aromatic carbocycles. The number of nitrogens with one attached hydrogen (secondary N) is 1. The number of allylic oxidation sites excluding steroid dienone is 23. The van der Waals surface area contributed by atoms with Crippen LogP contribution < -0.4 is 5.32 Å². The molecule has 454 valence electrons. The van der Waals surface area contributed by atoms with Crippen LogP contribution in [0.4, 0.5) is 0 Å². The summed E-state index contributed by atoms with van der Waals surface area (Å²) in [5.74, 6) is -0.574. The van der Waals surface area contributed by atoms with Crippen LogP contribution in [0.3, 0.4) is 0 Å². The summed E-state index contributed by atoms with van der Waals surface area (Å²) in [5, 5.41) is 3.03. The van der Waals surface area contributed by atoms with Crippen LogP contribution in [0.25, 0.3) is 0 Å². The Morgan fingerprint density at radius 2 is 0.863 bits per heavy atom. The maximum absolute atomic E-state index is 13.5. The van der Waals surface area contributed by atoms with E-state index in [4.69, 9.17) is 13.8 Å². The van der Waals surface area contributed by atoms with Crippen molar-refractivity contribution in [3.63, 3.8) is 0 Å². The molecule has 10 heteroatoms. The molecule has 0 heterocycles. The third-order valence-electron chi connectivity index (χ3n) is 13.2. The van der Waals surface area contributed by atoms with Gasteiger partial charge < -0.3 is 19.4 Å². The zero-order chi connectivity index (χ0) is 58.6. The van der Waals surface area contributed by atoms with Crippen LogP contribution >= 0.6 is 7.82 Å². The number of esters is 1. The average molecular weight is 1130 g/mol. The van der Waals surface area contributed by atoms with Crippen molar-refractivity contribution in [3.8, 4) is 0 Å². The number of hydrogen-bond donors (Lipinski definition) is 2. The summed E-state index contributed by atoms with van der Waals surface area (Å²) in [6, 6.07) is -0.885. The first-order valence-corrected chi connectivity index (χ1v) is 33.2. The first-order chi connectivity index (χ1) is 38.9. The standard InChI is InChI=1S/C70H117N2O7P/c1-7-10-13-16-19-22-25-28-30-32-33-34-35-36-37-38-39-41-43-45-48-51-54-57-60-63-70(74)79-68(61-58-55-52-49-46-27-24-21-18-15-12-9-3)67(66-78-80(75,76)77-65-64-72(4,5)6)71-69(73)62-59-56-53-50-47-44-42-40-31-29-26-23-20-17-14-11-8-2/h10-11,13-14,17,19-20,22-23,26,28-31,33-34,36-37,40,42,44,47,58,61,67-68H,7-9,12,15-16,18,21,24-25,27,32,35,38-39,41,43,45-46,48-57,59-60,62-66H2,1-6H3,(H-,71,73,75,76)/p+1/b13-10-,14-11-,20-17+,22-19-,26-23+,30-28-,31-29-,34-33-,37-36-,42-40+,47-44+,61-58-. The molecule has 3 unspecified atom stereocenters. The highest BCUT2D eigenvalue weighted by Crippen LogP contribution is 2.43. The minimum atomic E-state index is -4.47. The smallest absolute Gasteiger partial charge is 0.456 e. The van der Waals surface area contributed by atoms with E-state index in [1.165, 1.54) is 83.5 Å². The van der Waals surface area contributed by atoms with E-state index in [1.54, 1.807) is 0 Å². The highest BCUT2D eigenvalue weighted by atomic mass is 31.2. The maximum atomic E-state index is 13.5. The predicted octanol–water partition coefficient (Wildman–Crippen LogP) is 19.8. The fraction of sp³-hybridized carbons (Fsp3) is 0.629. The molecule has 0 aromatic heterocycles. The minimum absolute atomic E-state index is 0.0215. The van der Waals surface area contributed by atoms with Gasteiger partial charge in [0.1, 0.15) is 19.3 Å². The number of amides is 1. The molecule has 0 aromatic rings. The number of phosphoric ester groups is 1. The van der Waals surface area contributed by atoms with Gasteiger partial charge in [0.05, 0.1) is 33.8 Å². The van der Waals surface area contributed by atoms with Crippen molar-refractivity contribution in [2.45, 2.75) is 245 Å². The van der Waals surface area contributed by atoms with E-state index in [-0.39, 0.29) is 37.9 Å². The molecule has 9 nitrogen and oxygen atoms in total. The molecule has 0 rings (SSSR count). The van der Waals surface area contributed by atoms with Gasteiger partial charge in [0, 0.05) is 12.8 Å². The molecular weight excluding hydrogens is 1010 g/mol. The third-order valence-corrected chi connectivity index (χ3v) is 14.2. The molecular formula is C70H118N2O7P+. The van der Waals surface area contributed by atoms with Crippen molar-refractivity contribution in [1.82, 2.24) is 5.32 Å². The van der Waals surface area contributed by atoms with E-state index in [2.05, 4.69) is 99.0 Å². The van der Waals surface area contributed by atoms with Crippen molar-refractivity contribution < 1.29 is 37.3 Å². The van der Waals surface area contributed by atoms with Gasteiger partial charge in [-0.05, 0) is 96.0 Å². The highest BCUT2D eigenvalue weighted by molar-refractivity contribution is 7.47. The molecule has 0 bridgehead atoms. The van der Waals surface area contributed by atoms with Crippen LogP contribution in [0.15, 0.2) is 146 Å². The number of rotatable bonds is 55. The summed E-state index contributed by atoms with van der Waals surface area (Å²) in [4.78, 5) is 37.7. The number of quaternary nitrogens is 1. The molecule has 0 fully saturated rings. The van der Waals surface area contributed by atoms with Crippen LogP contribution in [0.2, 0.25) is 0 Å². The van der Waals surface area contributed by atoms with Crippen molar-refractivity contribution in [2.24, 2.45) is 0 Å². The van der Waals surface area contributed by atoms with Crippen LogP contribution in [0, 0.1) is 0 Å². The maximum Gasteiger partial charge on any atom is 0.472 e. The van der Waals surface area contributed by atoms with Crippen molar-refractivity contribution >= 4 is 19.7 Å². The zero-order valence-corrected chi connectivity index (χ0v) is 52.7. The lowest BCUT2D eigenvalue weighted by molar-refractivity contribution is -0.870. The fourth-order valence-corrected chi connectivity index (χ4v) is 9.09. The lowest BCUT2D eigenvalue weighted by atomic mass is 10.0. The second kappa shape index (κ2) is 58.1. The number of likely N-dealkylation sites (N-methyl/N-ethyl adjacent to an activating group) is 1. The van der Waals surface area contributed by atoms with Crippen LogP contribution in [-0.2, 0) is 27.9 Å². The summed E-state index contributed by atoms with van der Waals surface area (Å²) >= 11 is 0. The van der Waals surface area contributed by atoms with E-state index in [0.29, 0.717) is 17.4 Å². The van der Waals surface area contributed by atoms with Crippen molar-refractivity contribution in [2.75, 3.05) is 40.9 Å². The Hall–Kier alpha value is -4.11. The molecule has 0 aliphatic rings. The summed E-state index contributed by atoms with van der Waals surface area (Å²) < 4.78 is 30.7. The first-order valence-electron chi connectivity index (χ1n) is 31.7. The van der Waals surface area contributed by atoms with Gasteiger partial charge in [0.25, 0.3) is 0 Å². The Kier molecular flexibility index (Phi) is 55.1. The Bertz CT molecular complexity index is 1880. The van der Waals surface area contributed by atoms with E-state index in [1.807, 2.05) is 94.1 Å². The highest BCUT2D eigenvalue weighted by Gasteiger charge is 2.30. The predicted molar refractivity (Wildman–Crippen MR) is 346 cm³/mol. The van der Waals surface area contributed by atoms with Gasteiger partial charge in [-0.25, -0.2) is 4.57 Å². The normalized spacial score (nSPS) is 14.6. The summed E-state index contributed by atoms with van der Waals surface area (Å²) in [6.07, 6.45) is 84.2. The first kappa shape index (κ1) is 75.9. The van der Waals surface area contributed by atoms with Gasteiger partial charge >= 0.3 is 13.8 Å². The molecule has 3 atom stereocenters. The Labute approximate surface area is 491 Å². The Morgan fingerprint density at radius 3 is 1.36 bits per heavy atom. The van der Waals surface area contributed by atoms with E-state index in [0.717, 1.165) is 109 Å². The quantitative estimate of drug-likeness (QED) is 0.0156. The third kappa shape index (κ3) is 58.5. The minimum Gasteiger partial charge on any atom is -0.456 e. The lowest BCUT2D eigenvalue weighted by Crippen LogP contribution is -2.47. The van der Waals surface area contributed by atoms with Crippen LogP contribution in [0.5, 0.6) is 0 Å². The molecule has 0 radical (unpaired) electrons.